The number of fused-ring (bicyclic) bond motifs is 1. The van der Waals surface area contributed by atoms with Gasteiger partial charge in [-0.25, -0.2) is 0 Å². The van der Waals surface area contributed by atoms with Gasteiger partial charge < -0.3 is 0 Å². The van der Waals surface area contributed by atoms with Crippen molar-refractivity contribution in [3.8, 4) is 24.3 Å². The first kappa shape index (κ1) is 20.7. The van der Waals surface area contributed by atoms with Crippen LogP contribution in [0.1, 0.15) is 11.1 Å². The number of thiophene rings is 2. The highest BCUT2D eigenvalue weighted by atomic mass is 32.1. The van der Waals surface area contributed by atoms with Gasteiger partial charge in [-0.3, -0.25) is 9.97 Å². The summed E-state index contributed by atoms with van der Waals surface area (Å²) in [6.07, 6.45) is 7.16. The van der Waals surface area contributed by atoms with Gasteiger partial charge in [0.25, 0.3) is 0 Å². The summed E-state index contributed by atoms with van der Waals surface area (Å²) >= 11 is 2.73. The van der Waals surface area contributed by atoms with Crippen LogP contribution in [0.15, 0.2) is 48.8 Å². The maximum atomic E-state index is 9.06. The molecule has 4 aromatic rings. The Morgan fingerprint density at radius 3 is 1.41 bits per heavy atom. The predicted octanol–water partition coefficient (Wildman–Crippen LogP) is 1.81. The zero-order valence-electron chi connectivity index (χ0n) is 16.3. The van der Waals surface area contributed by atoms with Crippen molar-refractivity contribution in [2.24, 2.45) is 0 Å². The molecule has 3 heterocycles. The van der Waals surface area contributed by atoms with Crippen LogP contribution in [0.4, 0.5) is 0 Å². The average Bonchev–Trinajstić information content (AvgIpc) is 3.47. The third-order valence-corrected chi connectivity index (χ3v) is 6.58. The molecule has 8 heteroatoms. The largest absolute Gasteiger partial charge is 0.252 e. The lowest BCUT2D eigenvalue weighted by Gasteiger charge is -2.04. The highest BCUT2D eigenvalue weighted by Gasteiger charge is 2.06. The van der Waals surface area contributed by atoms with E-state index in [1.165, 1.54) is 22.7 Å². The maximum absolute atomic E-state index is 9.06. The summed E-state index contributed by atoms with van der Waals surface area (Å²) in [5, 5.41) is 36.3. The Labute approximate surface area is 190 Å². The number of hydrogen-bond donors (Lipinski definition) is 0. The van der Waals surface area contributed by atoms with E-state index in [0.29, 0.717) is 9.06 Å². The molecule has 0 unspecified atom stereocenters. The molecule has 148 valence electrons. The van der Waals surface area contributed by atoms with E-state index in [0.717, 1.165) is 31.2 Å². The Morgan fingerprint density at radius 1 is 0.625 bits per heavy atom. The molecular weight excluding hydrogens is 436 g/mol. The van der Waals surface area contributed by atoms with Gasteiger partial charge >= 0.3 is 0 Å². The molecular formula is C24H10N6S2. The van der Waals surface area contributed by atoms with Gasteiger partial charge in [0, 0.05) is 32.6 Å². The average molecular weight is 447 g/mol. The Morgan fingerprint density at radius 2 is 1.03 bits per heavy atom. The van der Waals surface area contributed by atoms with E-state index in [1.807, 2.05) is 60.7 Å². The van der Waals surface area contributed by atoms with Crippen LogP contribution in [0, 0.1) is 45.3 Å². The van der Waals surface area contributed by atoms with Crippen LogP contribution >= 0.6 is 22.7 Å². The molecule has 0 amide bonds. The van der Waals surface area contributed by atoms with Crippen molar-refractivity contribution in [3.63, 3.8) is 0 Å². The highest BCUT2D eigenvalue weighted by molar-refractivity contribution is 7.08. The number of benzene rings is 1. The molecule has 1 aromatic carbocycles. The van der Waals surface area contributed by atoms with Crippen LogP contribution in [-0.4, -0.2) is 9.97 Å². The third kappa shape index (κ3) is 4.01. The number of nitrogens with zero attached hydrogens (tertiary/aromatic N) is 6. The van der Waals surface area contributed by atoms with Crippen LogP contribution in [0.5, 0.6) is 0 Å². The smallest absolute Gasteiger partial charge is 0.146 e. The number of rotatable bonds is 2. The van der Waals surface area contributed by atoms with E-state index >= 15 is 0 Å². The van der Waals surface area contributed by atoms with Crippen molar-refractivity contribution in [1.29, 1.82) is 21.0 Å². The molecule has 0 aliphatic heterocycles. The van der Waals surface area contributed by atoms with Gasteiger partial charge in [0.1, 0.15) is 35.4 Å². The monoisotopic (exact) mass is 446 g/mol. The molecule has 0 radical (unpaired) electrons. The Kier molecular flexibility index (Phi) is 5.84. The molecule has 32 heavy (non-hydrogen) atoms. The van der Waals surface area contributed by atoms with Crippen molar-refractivity contribution < 1.29 is 0 Å². The Balaban J connectivity index is 1.88. The molecule has 6 nitrogen and oxygen atoms in total. The molecule has 0 fully saturated rings. The predicted molar refractivity (Wildman–Crippen MR) is 123 cm³/mol. The van der Waals surface area contributed by atoms with Crippen LogP contribution in [-0.2, 0) is 0 Å². The van der Waals surface area contributed by atoms with E-state index in [4.69, 9.17) is 21.0 Å². The van der Waals surface area contributed by atoms with Crippen LogP contribution < -0.4 is 18.1 Å². The van der Waals surface area contributed by atoms with E-state index in [1.54, 1.807) is 24.5 Å². The lowest BCUT2D eigenvalue weighted by molar-refractivity contribution is 1.29. The molecule has 0 saturated carbocycles. The molecule has 0 saturated heterocycles. The van der Waals surface area contributed by atoms with E-state index in [-0.39, 0.29) is 11.1 Å². The maximum Gasteiger partial charge on any atom is 0.146 e. The van der Waals surface area contributed by atoms with Crippen LogP contribution in [0.2, 0.25) is 0 Å². The summed E-state index contributed by atoms with van der Waals surface area (Å²) in [6, 6.07) is 18.8. The second kappa shape index (κ2) is 9.04. The number of aromatic nitrogens is 2. The highest BCUT2D eigenvalue weighted by Crippen LogP contribution is 2.20. The summed E-state index contributed by atoms with van der Waals surface area (Å²) in [4.78, 5) is 9.02. The minimum Gasteiger partial charge on any atom is -0.252 e. The molecule has 0 spiro atoms. The number of hydrogen-bond acceptors (Lipinski definition) is 8. The minimum atomic E-state index is 0.0905. The second-order valence-corrected chi connectivity index (χ2v) is 8.62. The summed E-state index contributed by atoms with van der Waals surface area (Å²) < 4.78 is 3.04. The van der Waals surface area contributed by atoms with Gasteiger partial charge in [0.05, 0.1) is 20.1 Å². The molecule has 3 aromatic heterocycles. The van der Waals surface area contributed by atoms with Crippen molar-refractivity contribution in [1.82, 2.24) is 9.97 Å². The first-order chi connectivity index (χ1) is 15.7. The first-order valence-corrected chi connectivity index (χ1v) is 10.8. The Bertz CT molecular complexity index is 1620. The van der Waals surface area contributed by atoms with Gasteiger partial charge in [0.2, 0.25) is 0 Å². The van der Waals surface area contributed by atoms with E-state index < -0.39 is 0 Å². The first-order valence-electron chi connectivity index (χ1n) is 9.14. The van der Waals surface area contributed by atoms with Crippen LogP contribution in [0.3, 0.4) is 0 Å². The van der Waals surface area contributed by atoms with Crippen molar-refractivity contribution >= 4 is 57.0 Å². The van der Waals surface area contributed by atoms with Crippen LogP contribution in [0.25, 0.3) is 34.3 Å². The van der Waals surface area contributed by atoms with E-state index in [2.05, 4.69) is 9.97 Å². The molecule has 0 bridgehead atoms. The summed E-state index contributed by atoms with van der Waals surface area (Å²) in [6.45, 7) is 0. The SMILES string of the molecule is N#CC(C#N)=c1cc/c(=C\c2ccc(/C=c3\ccc(=C(C#N)C#N)s3)c3nccnc23)s1. The van der Waals surface area contributed by atoms with Crippen molar-refractivity contribution in [3.05, 3.63) is 78.0 Å². The van der Waals surface area contributed by atoms with Gasteiger partial charge in [-0.2, -0.15) is 21.0 Å². The minimum absolute atomic E-state index is 0.0905. The zero-order valence-corrected chi connectivity index (χ0v) is 17.9. The second-order valence-electron chi connectivity index (χ2n) is 6.39. The molecule has 0 aliphatic carbocycles. The zero-order chi connectivity index (χ0) is 22.5. The standard InChI is InChI=1S/C24H10N6S2/c25-11-17(12-26)21-5-3-19(31-21)9-15-1-2-16(24-23(15)29-7-8-30-24)10-20-4-6-22(32-20)18(13-27)14-28/h1-10H/b19-9+,20-10+. The topological polar surface area (TPSA) is 121 Å². The van der Waals surface area contributed by atoms with Crippen molar-refractivity contribution in [2.45, 2.75) is 0 Å². The van der Waals surface area contributed by atoms with Gasteiger partial charge in [0.15, 0.2) is 0 Å². The molecule has 0 atom stereocenters. The van der Waals surface area contributed by atoms with Gasteiger partial charge in [-0.1, -0.05) is 12.1 Å². The molecule has 4 rings (SSSR count). The summed E-state index contributed by atoms with van der Waals surface area (Å²) in [5.74, 6) is 0. The van der Waals surface area contributed by atoms with Gasteiger partial charge in [-0.15, -0.1) is 22.7 Å². The summed E-state index contributed by atoms with van der Waals surface area (Å²) in [5.41, 5.74) is 3.36. The fraction of sp³-hybridized carbons (Fsp3) is 0. The fourth-order valence-electron chi connectivity index (χ4n) is 3.04. The fourth-order valence-corrected chi connectivity index (χ4v) is 4.85. The quantitative estimate of drug-likeness (QED) is 0.463. The lowest BCUT2D eigenvalue weighted by atomic mass is 10.1. The van der Waals surface area contributed by atoms with Crippen molar-refractivity contribution in [2.75, 3.05) is 0 Å². The van der Waals surface area contributed by atoms with E-state index in [9.17, 15) is 0 Å². The molecule has 0 N–H and O–H groups in total. The summed E-state index contributed by atoms with van der Waals surface area (Å²) in [7, 11) is 0. The lowest BCUT2D eigenvalue weighted by Crippen LogP contribution is -1.99. The molecule has 0 aliphatic rings. The normalized spacial score (nSPS) is 11.4. The third-order valence-electron chi connectivity index (χ3n) is 4.48. The van der Waals surface area contributed by atoms with Gasteiger partial charge in [-0.05, 0) is 36.4 Å². The number of nitriles is 4. The Hall–Kier alpha value is -4.60.